The lowest BCUT2D eigenvalue weighted by atomic mass is 9.81. The number of carbonyl (C=O) groups is 1. The number of likely N-dealkylation sites (tertiary alicyclic amines) is 1. The number of ether oxygens (including phenoxy) is 2. The lowest BCUT2D eigenvalue weighted by Crippen LogP contribution is -2.52. The SMILES string of the molecule is CC(C)O[C@@H]1CC2(CCN(C(=O)c3ccc(C4(O)CCCC4)cc3)CC2)Oc2ccc(F)cc21. The second kappa shape index (κ2) is 8.97. The summed E-state index contributed by atoms with van der Waals surface area (Å²) in [6.45, 7) is 5.16. The van der Waals surface area contributed by atoms with Gasteiger partial charge in [0.05, 0.1) is 17.8 Å². The first-order valence-corrected chi connectivity index (χ1v) is 12.5. The van der Waals surface area contributed by atoms with Gasteiger partial charge in [0.15, 0.2) is 0 Å². The van der Waals surface area contributed by atoms with Crippen molar-refractivity contribution < 1.29 is 23.8 Å². The van der Waals surface area contributed by atoms with Crippen molar-refractivity contribution in [3.8, 4) is 5.75 Å². The van der Waals surface area contributed by atoms with Gasteiger partial charge in [-0.3, -0.25) is 4.79 Å². The van der Waals surface area contributed by atoms with Crippen LogP contribution in [0.5, 0.6) is 5.75 Å². The van der Waals surface area contributed by atoms with Crippen LogP contribution in [0.3, 0.4) is 0 Å². The van der Waals surface area contributed by atoms with E-state index in [0.717, 1.165) is 36.8 Å². The predicted octanol–water partition coefficient (Wildman–Crippen LogP) is 5.51. The van der Waals surface area contributed by atoms with E-state index < -0.39 is 11.2 Å². The van der Waals surface area contributed by atoms with E-state index in [9.17, 15) is 14.3 Å². The Bertz CT molecular complexity index is 1040. The van der Waals surface area contributed by atoms with Crippen molar-refractivity contribution in [2.45, 2.75) is 82.2 Å². The number of carbonyl (C=O) groups excluding carboxylic acids is 1. The number of aliphatic hydroxyl groups is 1. The lowest BCUT2D eigenvalue weighted by molar-refractivity contribution is -0.0873. The third kappa shape index (κ3) is 4.46. The number of halogens is 1. The minimum absolute atomic E-state index is 0.00747. The molecular weight excluding hydrogens is 433 g/mol. The quantitative estimate of drug-likeness (QED) is 0.644. The number of hydrogen-bond donors (Lipinski definition) is 1. The number of hydrogen-bond acceptors (Lipinski definition) is 4. The Kier molecular flexibility index (Phi) is 6.15. The van der Waals surface area contributed by atoms with Gasteiger partial charge in [-0.15, -0.1) is 0 Å². The molecule has 3 aliphatic rings. The van der Waals surface area contributed by atoms with Crippen LogP contribution in [-0.4, -0.2) is 40.7 Å². The maximum atomic E-state index is 13.9. The molecule has 182 valence electrons. The number of rotatable bonds is 4. The number of nitrogens with zero attached hydrogens (tertiary/aromatic N) is 1. The molecule has 2 aromatic carbocycles. The summed E-state index contributed by atoms with van der Waals surface area (Å²) in [6, 6.07) is 12.1. The number of fused-ring (bicyclic) bond motifs is 1. The highest BCUT2D eigenvalue weighted by atomic mass is 19.1. The van der Waals surface area contributed by atoms with Crippen molar-refractivity contribution in [1.29, 1.82) is 0 Å². The molecule has 2 aromatic rings. The fraction of sp³-hybridized carbons (Fsp3) is 0.536. The summed E-state index contributed by atoms with van der Waals surface area (Å²) in [4.78, 5) is 15.1. The molecule has 1 N–H and O–H groups in total. The zero-order valence-corrected chi connectivity index (χ0v) is 20.1. The summed E-state index contributed by atoms with van der Waals surface area (Å²) in [5.41, 5.74) is 1.15. The minimum atomic E-state index is -0.745. The van der Waals surface area contributed by atoms with Crippen molar-refractivity contribution in [2.75, 3.05) is 13.1 Å². The fourth-order valence-corrected chi connectivity index (χ4v) is 5.81. The maximum absolute atomic E-state index is 13.9. The first kappa shape index (κ1) is 23.3. The second-order valence-electron chi connectivity index (χ2n) is 10.5. The van der Waals surface area contributed by atoms with Gasteiger partial charge >= 0.3 is 0 Å². The Labute approximate surface area is 200 Å². The number of piperidine rings is 1. The fourth-order valence-electron chi connectivity index (χ4n) is 5.81. The first-order valence-electron chi connectivity index (χ1n) is 12.5. The standard InChI is InChI=1S/C28H34FNO4/c1-19(2)33-25-18-27(34-24-10-9-22(29)17-23(24)25)13-15-30(16-14-27)26(31)20-5-7-21(8-6-20)28(32)11-3-4-12-28/h5-10,17,19,25,32H,3-4,11-16,18H2,1-2H3/t25-/m1/s1. The molecule has 1 atom stereocenters. The number of amides is 1. The van der Waals surface area contributed by atoms with Crippen LogP contribution >= 0.6 is 0 Å². The van der Waals surface area contributed by atoms with Crippen LogP contribution in [0, 0.1) is 5.82 Å². The molecule has 6 heteroatoms. The molecule has 0 bridgehead atoms. The van der Waals surface area contributed by atoms with Crippen LogP contribution in [0.15, 0.2) is 42.5 Å². The molecule has 1 amide bonds. The van der Waals surface area contributed by atoms with Gasteiger partial charge in [-0.1, -0.05) is 25.0 Å². The minimum Gasteiger partial charge on any atom is -0.487 e. The molecule has 5 nitrogen and oxygen atoms in total. The third-order valence-corrected chi connectivity index (χ3v) is 7.70. The van der Waals surface area contributed by atoms with Gasteiger partial charge in [0.25, 0.3) is 5.91 Å². The highest BCUT2D eigenvalue weighted by Crippen LogP contribution is 2.46. The Hall–Kier alpha value is -2.44. The van der Waals surface area contributed by atoms with E-state index in [1.165, 1.54) is 12.1 Å². The van der Waals surface area contributed by atoms with Crippen molar-refractivity contribution in [1.82, 2.24) is 4.90 Å². The van der Waals surface area contributed by atoms with Crippen LogP contribution in [0.2, 0.25) is 0 Å². The Morgan fingerprint density at radius 2 is 1.76 bits per heavy atom. The van der Waals surface area contributed by atoms with Gasteiger partial charge in [0, 0.05) is 43.5 Å². The van der Waals surface area contributed by atoms with E-state index in [2.05, 4.69) is 0 Å². The zero-order chi connectivity index (χ0) is 23.9. The summed E-state index contributed by atoms with van der Waals surface area (Å²) in [6.07, 6.45) is 5.48. The molecule has 2 heterocycles. The summed E-state index contributed by atoms with van der Waals surface area (Å²) in [5, 5.41) is 10.8. The summed E-state index contributed by atoms with van der Waals surface area (Å²) in [5.74, 6) is 0.397. The van der Waals surface area contributed by atoms with E-state index in [1.807, 2.05) is 43.0 Å². The van der Waals surface area contributed by atoms with Gasteiger partial charge in [0.1, 0.15) is 17.2 Å². The number of benzene rings is 2. The largest absolute Gasteiger partial charge is 0.487 e. The van der Waals surface area contributed by atoms with Crippen LogP contribution in [-0.2, 0) is 10.3 Å². The Morgan fingerprint density at radius 1 is 1.09 bits per heavy atom. The summed E-state index contributed by atoms with van der Waals surface area (Å²) >= 11 is 0. The van der Waals surface area contributed by atoms with Crippen molar-refractivity contribution in [3.05, 3.63) is 65.0 Å². The van der Waals surface area contributed by atoms with E-state index in [1.54, 1.807) is 6.07 Å². The first-order chi connectivity index (χ1) is 16.3. The van der Waals surface area contributed by atoms with Crippen molar-refractivity contribution in [2.24, 2.45) is 0 Å². The maximum Gasteiger partial charge on any atom is 0.253 e. The molecular formula is C28H34FNO4. The normalized spacial score (nSPS) is 23.1. The molecule has 2 aliphatic heterocycles. The highest BCUT2D eigenvalue weighted by Gasteiger charge is 2.45. The predicted molar refractivity (Wildman–Crippen MR) is 127 cm³/mol. The monoisotopic (exact) mass is 467 g/mol. The molecule has 1 spiro atoms. The average molecular weight is 468 g/mol. The molecule has 0 radical (unpaired) electrons. The molecule has 1 saturated heterocycles. The molecule has 1 aliphatic carbocycles. The van der Waals surface area contributed by atoms with Gasteiger partial charge in [-0.2, -0.15) is 0 Å². The van der Waals surface area contributed by atoms with Crippen LogP contribution in [0.1, 0.15) is 86.4 Å². The second-order valence-corrected chi connectivity index (χ2v) is 10.5. The highest BCUT2D eigenvalue weighted by molar-refractivity contribution is 5.94. The third-order valence-electron chi connectivity index (χ3n) is 7.70. The molecule has 34 heavy (non-hydrogen) atoms. The topological polar surface area (TPSA) is 59.0 Å². The van der Waals surface area contributed by atoms with Crippen molar-refractivity contribution >= 4 is 5.91 Å². The summed E-state index contributed by atoms with van der Waals surface area (Å²) in [7, 11) is 0. The van der Waals surface area contributed by atoms with Crippen LogP contribution in [0.4, 0.5) is 4.39 Å². The molecule has 0 unspecified atom stereocenters. The Balaban J connectivity index is 1.27. The summed E-state index contributed by atoms with van der Waals surface area (Å²) < 4.78 is 26.5. The molecule has 2 fully saturated rings. The average Bonchev–Trinajstić information content (AvgIpc) is 3.27. The van der Waals surface area contributed by atoms with Crippen LogP contribution < -0.4 is 4.74 Å². The molecule has 0 aromatic heterocycles. The molecule has 5 rings (SSSR count). The van der Waals surface area contributed by atoms with Gasteiger partial charge < -0.3 is 19.5 Å². The van der Waals surface area contributed by atoms with Gasteiger partial charge in [-0.05, 0) is 62.6 Å². The van der Waals surface area contributed by atoms with E-state index in [4.69, 9.17) is 9.47 Å². The lowest BCUT2D eigenvalue weighted by Gasteiger charge is -2.47. The van der Waals surface area contributed by atoms with Gasteiger partial charge in [0.2, 0.25) is 0 Å². The van der Waals surface area contributed by atoms with Gasteiger partial charge in [-0.25, -0.2) is 4.39 Å². The zero-order valence-electron chi connectivity index (χ0n) is 20.1. The van der Waals surface area contributed by atoms with Crippen molar-refractivity contribution in [3.63, 3.8) is 0 Å². The van der Waals surface area contributed by atoms with E-state index in [-0.39, 0.29) is 23.9 Å². The molecule has 1 saturated carbocycles. The van der Waals surface area contributed by atoms with E-state index in [0.29, 0.717) is 43.7 Å². The van der Waals surface area contributed by atoms with E-state index >= 15 is 0 Å². The smallest absolute Gasteiger partial charge is 0.253 e. The Morgan fingerprint density at radius 3 is 2.41 bits per heavy atom. The van der Waals surface area contributed by atoms with Crippen LogP contribution in [0.25, 0.3) is 0 Å².